The van der Waals surface area contributed by atoms with Crippen LogP contribution in [0, 0.1) is 13.8 Å². The van der Waals surface area contributed by atoms with Gasteiger partial charge in [0.1, 0.15) is 12.1 Å². The van der Waals surface area contributed by atoms with Crippen molar-refractivity contribution >= 4 is 29.0 Å². The maximum atomic E-state index is 11.5. The van der Waals surface area contributed by atoms with Crippen LogP contribution in [0.3, 0.4) is 0 Å². The molecule has 1 heterocycles. The summed E-state index contributed by atoms with van der Waals surface area (Å²) in [5.74, 6) is -0.238. The molecule has 2 atom stereocenters. The minimum absolute atomic E-state index is 0.0477. The van der Waals surface area contributed by atoms with Crippen LogP contribution in [-0.4, -0.2) is 23.2 Å². The van der Waals surface area contributed by atoms with E-state index in [0.29, 0.717) is 11.5 Å². The van der Waals surface area contributed by atoms with E-state index in [2.05, 4.69) is 10.6 Å². The lowest BCUT2D eigenvalue weighted by Crippen LogP contribution is -2.40. The first-order valence-electron chi connectivity index (χ1n) is 6.31. The van der Waals surface area contributed by atoms with Crippen molar-refractivity contribution in [2.45, 2.75) is 39.3 Å². The lowest BCUT2D eigenvalue weighted by molar-refractivity contribution is -0.142. The van der Waals surface area contributed by atoms with Gasteiger partial charge in [-0.3, -0.25) is 0 Å². The predicted octanol–water partition coefficient (Wildman–Crippen LogP) is 2.29. The highest BCUT2D eigenvalue weighted by atomic mass is 32.1. The number of carbonyl (C=O) groups excluding carboxylic acids is 1. The van der Waals surface area contributed by atoms with Crippen molar-refractivity contribution in [2.75, 3.05) is 5.32 Å². The zero-order valence-corrected chi connectivity index (χ0v) is 12.1. The van der Waals surface area contributed by atoms with Crippen molar-refractivity contribution < 1.29 is 9.53 Å². The average Bonchev–Trinajstić information content (AvgIpc) is 2.64. The third kappa shape index (κ3) is 3.23. The molecule has 0 unspecified atom stereocenters. The van der Waals surface area contributed by atoms with E-state index in [9.17, 15) is 4.79 Å². The average molecular weight is 278 g/mol. The molecule has 5 heteroatoms. The number of nitrogens with one attached hydrogen (secondary N) is 2. The SMILES string of the molecule is Cc1cccc(NC(=S)N[C@@H]2C[C@@H](C)OC2=O)c1C. The van der Waals surface area contributed by atoms with E-state index >= 15 is 0 Å². The zero-order chi connectivity index (χ0) is 14.0. The molecule has 1 aliphatic heterocycles. The Morgan fingerprint density at radius 1 is 1.42 bits per heavy atom. The standard InChI is InChI=1S/C14H18N2O2S/c1-8-5-4-6-11(10(8)3)15-14(19)16-12-7-9(2)18-13(12)17/h4-6,9,12H,7H2,1-3H3,(H2,15,16,19)/t9-,12-/m1/s1. The molecule has 4 nitrogen and oxygen atoms in total. The molecule has 0 aromatic heterocycles. The zero-order valence-electron chi connectivity index (χ0n) is 11.3. The summed E-state index contributed by atoms with van der Waals surface area (Å²) in [4.78, 5) is 11.5. The van der Waals surface area contributed by atoms with E-state index < -0.39 is 0 Å². The molecular formula is C14H18N2O2S. The number of ether oxygens (including phenoxy) is 1. The second kappa shape index (κ2) is 5.57. The molecule has 102 valence electrons. The van der Waals surface area contributed by atoms with Gasteiger partial charge in [0.15, 0.2) is 5.11 Å². The van der Waals surface area contributed by atoms with Gasteiger partial charge in [-0.25, -0.2) is 4.79 Å². The van der Waals surface area contributed by atoms with Crippen molar-refractivity contribution in [3.05, 3.63) is 29.3 Å². The lowest BCUT2D eigenvalue weighted by atomic mass is 10.1. The number of rotatable bonds is 2. The first-order chi connectivity index (χ1) is 8.97. The number of thiocarbonyl (C=S) groups is 1. The van der Waals surface area contributed by atoms with Gasteiger partial charge in [-0.15, -0.1) is 0 Å². The minimum Gasteiger partial charge on any atom is -0.461 e. The Bertz CT molecular complexity index is 516. The highest BCUT2D eigenvalue weighted by molar-refractivity contribution is 7.80. The van der Waals surface area contributed by atoms with Crippen molar-refractivity contribution in [2.24, 2.45) is 0 Å². The lowest BCUT2D eigenvalue weighted by Gasteiger charge is -2.15. The van der Waals surface area contributed by atoms with Gasteiger partial charge >= 0.3 is 5.97 Å². The number of hydrogen-bond donors (Lipinski definition) is 2. The van der Waals surface area contributed by atoms with Crippen molar-refractivity contribution in [3.63, 3.8) is 0 Å². The molecule has 0 aliphatic carbocycles. The van der Waals surface area contributed by atoms with Crippen LogP contribution in [0.4, 0.5) is 5.69 Å². The molecule has 0 radical (unpaired) electrons. The summed E-state index contributed by atoms with van der Waals surface area (Å²) in [5.41, 5.74) is 3.30. The van der Waals surface area contributed by atoms with Crippen LogP contribution in [0.15, 0.2) is 18.2 Å². The largest absolute Gasteiger partial charge is 0.461 e. The Labute approximate surface area is 118 Å². The van der Waals surface area contributed by atoms with Gasteiger partial charge in [-0.05, 0) is 50.2 Å². The fourth-order valence-electron chi connectivity index (χ4n) is 2.08. The van der Waals surface area contributed by atoms with Crippen LogP contribution in [0.25, 0.3) is 0 Å². The Hall–Kier alpha value is -1.62. The quantitative estimate of drug-likeness (QED) is 0.642. The molecule has 0 saturated carbocycles. The summed E-state index contributed by atoms with van der Waals surface area (Å²) in [6.45, 7) is 5.96. The third-order valence-electron chi connectivity index (χ3n) is 3.33. The van der Waals surface area contributed by atoms with E-state index in [1.165, 1.54) is 5.56 Å². The summed E-state index contributed by atoms with van der Waals surface area (Å²) in [5, 5.41) is 6.57. The van der Waals surface area contributed by atoms with Crippen LogP contribution in [0.2, 0.25) is 0 Å². The smallest absolute Gasteiger partial charge is 0.329 e. The molecule has 0 bridgehead atoms. The molecule has 2 N–H and O–H groups in total. The van der Waals surface area contributed by atoms with Gasteiger partial charge in [0.25, 0.3) is 0 Å². The van der Waals surface area contributed by atoms with Gasteiger partial charge in [0.2, 0.25) is 0 Å². The third-order valence-corrected chi connectivity index (χ3v) is 3.55. The summed E-state index contributed by atoms with van der Waals surface area (Å²) in [6, 6.07) is 5.64. The van der Waals surface area contributed by atoms with Gasteiger partial charge in [-0.2, -0.15) is 0 Å². The number of esters is 1. The van der Waals surface area contributed by atoms with Crippen LogP contribution >= 0.6 is 12.2 Å². The van der Waals surface area contributed by atoms with E-state index in [0.717, 1.165) is 11.3 Å². The number of benzene rings is 1. The predicted molar refractivity (Wildman–Crippen MR) is 79.2 cm³/mol. The molecule has 1 aromatic rings. The number of carbonyl (C=O) groups is 1. The molecule has 1 aromatic carbocycles. The number of cyclic esters (lactones) is 1. The van der Waals surface area contributed by atoms with Crippen LogP contribution in [0.1, 0.15) is 24.5 Å². The molecule has 1 aliphatic rings. The molecular weight excluding hydrogens is 260 g/mol. The van der Waals surface area contributed by atoms with E-state index in [1.54, 1.807) is 0 Å². The van der Waals surface area contributed by atoms with Crippen LogP contribution < -0.4 is 10.6 Å². The molecule has 1 fully saturated rings. The molecule has 0 amide bonds. The van der Waals surface area contributed by atoms with Gasteiger partial charge < -0.3 is 15.4 Å². The van der Waals surface area contributed by atoms with Gasteiger partial charge in [0, 0.05) is 12.1 Å². The number of hydrogen-bond acceptors (Lipinski definition) is 3. The topological polar surface area (TPSA) is 50.4 Å². The Kier molecular flexibility index (Phi) is 4.04. The van der Waals surface area contributed by atoms with Crippen LogP contribution in [-0.2, 0) is 9.53 Å². The Morgan fingerprint density at radius 3 is 2.79 bits per heavy atom. The second-order valence-corrected chi connectivity index (χ2v) is 5.29. The fourth-order valence-corrected chi connectivity index (χ4v) is 2.33. The van der Waals surface area contributed by atoms with E-state index in [1.807, 2.05) is 39.0 Å². The summed E-state index contributed by atoms with van der Waals surface area (Å²) < 4.78 is 5.08. The fraction of sp³-hybridized carbons (Fsp3) is 0.429. The normalized spacial score (nSPS) is 21.9. The highest BCUT2D eigenvalue weighted by Gasteiger charge is 2.32. The number of anilines is 1. The Morgan fingerprint density at radius 2 is 2.16 bits per heavy atom. The van der Waals surface area contributed by atoms with Crippen molar-refractivity contribution in [3.8, 4) is 0 Å². The Balaban J connectivity index is 1.98. The maximum Gasteiger partial charge on any atom is 0.329 e. The second-order valence-electron chi connectivity index (χ2n) is 4.88. The summed E-state index contributed by atoms with van der Waals surface area (Å²) >= 11 is 5.24. The monoisotopic (exact) mass is 278 g/mol. The maximum absolute atomic E-state index is 11.5. The number of aryl methyl sites for hydroxylation is 1. The van der Waals surface area contributed by atoms with E-state index in [4.69, 9.17) is 17.0 Å². The van der Waals surface area contributed by atoms with Crippen molar-refractivity contribution in [1.82, 2.24) is 5.32 Å². The van der Waals surface area contributed by atoms with Gasteiger partial charge in [0.05, 0.1) is 0 Å². The molecule has 19 heavy (non-hydrogen) atoms. The highest BCUT2D eigenvalue weighted by Crippen LogP contribution is 2.18. The first kappa shape index (κ1) is 13.8. The van der Waals surface area contributed by atoms with Gasteiger partial charge in [-0.1, -0.05) is 12.1 Å². The van der Waals surface area contributed by atoms with Crippen LogP contribution in [0.5, 0.6) is 0 Å². The summed E-state index contributed by atoms with van der Waals surface area (Å²) in [6.07, 6.45) is 0.599. The van der Waals surface area contributed by atoms with Crippen molar-refractivity contribution in [1.29, 1.82) is 0 Å². The minimum atomic E-state index is -0.347. The molecule has 0 spiro atoms. The molecule has 1 saturated heterocycles. The molecule has 2 rings (SSSR count). The van der Waals surface area contributed by atoms with E-state index in [-0.39, 0.29) is 18.1 Å². The first-order valence-corrected chi connectivity index (χ1v) is 6.72. The summed E-state index contributed by atoms with van der Waals surface area (Å²) in [7, 11) is 0.